The van der Waals surface area contributed by atoms with Crippen molar-refractivity contribution >= 4 is 27.8 Å². The zero-order chi connectivity index (χ0) is 13.1. The van der Waals surface area contributed by atoms with Crippen molar-refractivity contribution in [1.82, 2.24) is 4.98 Å². The highest BCUT2D eigenvalue weighted by atomic mass is 32.1. The van der Waals surface area contributed by atoms with Gasteiger partial charge in [-0.1, -0.05) is 11.3 Å². The van der Waals surface area contributed by atoms with Gasteiger partial charge in [-0.15, -0.1) is 10.2 Å². The molecule has 5 heteroatoms. The van der Waals surface area contributed by atoms with Crippen molar-refractivity contribution in [3.63, 3.8) is 0 Å². The summed E-state index contributed by atoms with van der Waals surface area (Å²) < 4.78 is 0. The Kier molecular flexibility index (Phi) is 3.72. The van der Waals surface area contributed by atoms with Gasteiger partial charge in [0.05, 0.1) is 11.4 Å². The van der Waals surface area contributed by atoms with Crippen LogP contribution in [0.3, 0.4) is 0 Å². The van der Waals surface area contributed by atoms with Crippen molar-refractivity contribution in [2.75, 3.05) is 19.0 Å². The summed E-state index contributed by atoms with van der Waals surface area (Å²) in [5.41, 5.74) is 3.01. The molecule has 0 aliphatic heterocycles. The zero-order valence-electron chi connectivity index (χ0n) is 11.0. The van der Waals surface area contributed by atoms with Gasteiger partial charge in [0.15, 0.2) is 0 Å². The van der Waals surface area contributed by atoms with E-state index in [1.165, 1.54) is 4.88 Å². The second-order valence-corrected chi connectivity index (χ2v) is 5.43. The summed E-state index contributed by atoms with van der Waals surface area (Å²) >= 11 is 1.56. The van der Waals surface area contributed by atoms with Gasteiger partial charge in [0.2, 0.25) is 5.13 Å². The molecule has 0 spiro atoms. The number of benzene rings is 1. The van der Waals surface area contributed by atoms with E-state index in [1.54, 1.807) is 11.3 Å². The van der Waals surface area contributed by atoms with Gasteiger partial charge in [0.25, 0.3) is 0 Å². The minimum atomic E-state index is 0.710. The van der Waals surface area contributed by atoms with Gasteiger partial charge in [0.1, 0.15) is 0 Å². The minimum Gasteiger partial charge on any atom is -0.378 e. The van der Waals surface area contributed by atoms with Crippen LogP contribution in [0.25, 0.3) is 0 Å². The fraction of sp³-hybridized carbons (Fsp3) is 0.308. The molecule has 0 bridgehead atoms. The summed E-state index contributed by atoms with van der Waals surface area (Å²) in [5.74, 6) is 0. The molecule has 0 fully saturated rings. The Hall–Kier alpha value is -1.75. The molecular weight excluding hydrogens is 244 g/mol. The maximum atomic E-state index is 4.32. The molecule has 4 nitrogen and oxygen atoms in total. The summed E-state index contributed by atoms with van der Waals surface area (Å²) in [4.78, 5) is 7.56. The SMILES string of the molecule is Cc1nc(/N=N/c2ccc(N(C)C)cc2)sc1C. The van der Waals surface area contributed by atoms with Crippen molar-refractivity contribution in [2.45, 2.75) is 13.8 Å². The van der Waals surface area contributed by atoms with Crippen molar-refractivity contribution in [3.05, 3.63) is 34.8 Å². The third-order valence-corrected chi connectivity index (χ3v) is 3.59. The molecule has 0 radical (unpaired) electrons. The van der Waals surface area contributed by atoms with Crippen LogP contribution in [0, 0.1) is 13.8 Å². The number of azo groups is 1. The van der Waals surface area contributed by atoms with Crippen LogP contribution in [-0.2, 0) is 0 Å². The number of aromatic nitrogens is 1. The van der Waals surface area contributed by atoms with E-state index in [2.05, 4.69) is 20.1 Å². The maximum Gasteiger partial charge on any atom is 0.230 e. The highest BCUT2D eigenvalue weighted by Crippen LogP contribution is 2.26. The number of aryl methyl sites for hydroxylation is 2. The lowest BCUT2D eigenvalue weighted by atomic mass is 10.3. The molecule has 0 amide bonds. The van der Waals surface area contributed by atoms with Crippen LogP contribution in [0.15, 0.2) is 34.5 Å². The highest BCUT2D eigenvalue weighted by Gasteiger charge is 2.01. The minimum absolute atomic E-state index is 0.710. The predicted octanol–water partition coefficient (Wildman–Crippen LogP) is 4.24. The third-order valence-electron chi connectivity index (χ3n) is 2.63. The summed E-state index contributed by atoms with van der Waals surface area (Å²) in [5, 5.41) is 9.05. The molecular formula is C13H16N4S. The normalized spacial score (nSPS) is 11.1. The van der Waals surface area contributed by atoms with Gasteiger partial charge < -0.3 is 4.90 Å². The Balaban J connectivity index is 2.13. The molecule has 1 aromatic heterocycles. The van der Waals surface area contributed by atoms with Crippen molar-refractivity contribution in [3.8, 4) is 0 Å². The number of hydrogen-bond acceptors (Lipinski definition) is 5. The Bertz CT molecular complexity index is 535. The fourth-order valence-corrected chi connectivity index (χ4v) is 2.15. The number of nitrogens with zero attached hydrogens (tertiary/aromatic N) is 4. The lowest BCUT2D eigenvalue weighted by Gasteiger charge is -2.11. The maximum absolute atomic E-state index is 4.32. The van der Waals surface area contributed by atoms with Crippen LogP contribution in [-0.4, -0.2) is 19.1 Å². The molecule has 0 unspecified atom stereocenters. The van der Waals surface area contributed by atoms with Gasteiger partial charge in [0, 0.05) is 24.7 Å². The van der Waals surface area contributed by atoms with Crippen LogP contribution in [0.5, 0.6) is 0 Å². The third kappa shape index (κ3) is 2.92. The summed E-state index contributed by atoms with van der Waals surface area (Å²) in [6.45, 7) is 4.02. The Labute approximate surface area is 111 Å². The van der Waals surface area contributed by atoms with Gasteiger partial charge in [-0.2, -0.15) is 0 Å². The van der Waals surface area contributed by atoms with Gasteiger partial charge in [-0.3, -0.25) is 0 Å². The van der Waals surface area contributed by atoms with Crippen LogP contribution in [0.1, 0.15) is 10.6 Å². The Morgan fingerprint density at radius 1 is 1.06 bits per heavy atom. The Morgan fingerprint density at radius 3 is 2.22 bits per heavy atom. The molecule has 0 atom stereocenters. The van der Waals surface area contributed by atoms with Gasteiger partial charge >= 0.3 is 0 Å². The van der Waals surface area contributed by atoms with E-state index in [1.807, 2.05) is 52.2 Å². The first kappa shape index (κ1) is 12.7. The number of rotatable bonds is 3. The lowest BCUT2D eigenvalue weighted by molar-refractivity contribution is 1.12. The van der Waals surface area contributed by atoms with E-state index in [4.69, 9.17) is 0 Å². The Morgan fingerprint density at radius 2 is 1.72 bits per heavy atom. The fourth-order valence-electron chi connectivity index (χ4n) is 1.42. The molecule has 18 heavy (non-hydrogen) atoms. The second kappa shape index (κ2) is 5.27. The van der Waals surface area contributed by atoms with E-state index >= 15 is 0 Å². The van der Waals surface area contributed by atoms with E-state index < -0.39 is 0 Å². The molecule has 0 saturated carbocycles. The quantitative estimate of drug-likeness (QED) is 0.774. The molecule has 1 heterocycles. The van der Waals surface area contributed by atoms with Gasteiger partial charge in [-0.05, 0) is 38.1 Å². The molecule has 94 valence electrons. The number of thiazole rings is 1. The first-order valence-corrected chi connectivity index (χ1v) is 6.51. The standard InChI is InChI=1S/C13H16N4S/c1-9-10(2)18-13(14-9)16-15-11-5-7-12(8-6-11)17(3)4/h5-8H,1-4H3/b16-15+. The average Bonchev–Trinajstić information content (AvgIpc) is 2.67. The van der Waals surface area contributed by atoms with E-state index in [9.17, 15) is 0 Å². The number of hydrogen-bond donors (Lipinski definition) is 0. The summed E-state index contributed by atoms with van der Waals surface area (Å²) in [7, 11) is 4.02. The molecule has 2 aromatic rings. The molecule has 2 rings (SSSR count). The molecule has 0 saturated heterocycles. The first-order valence-electron chi connectivity index (χ1n) is 5.69. The molecule has 0 N–H and O–H groups in total. The highest BCUT2D eigenvalue weighted by molar-refractivity contribution is 7.15. The van der Waals surface area contributed by atoms with E-state index in [0.717, 1.165) is 17.1 Å². The van der Waals surface area contributed by atoms with Crippen molar-refractivity contribution in [2.24, 2.45) is 10.2 Å². The average molecular weight is 260 g/mol. The van der Waals surface area contributed by atoms with E-state index in [-0.39, 0.29) is 0 Å². The monoisotopic (exact) mass is 260 g/mol. The first-order chi connectivity index (χ1) is 8.56. The smallest absolute Gasteiger partial charge is 0.230 e. The topological polar surface area (TPSA) is 40.9 Å². The molecule has 0 aliphatic rings. The second-order valence-electron chi connectivity index (χ2n) is 4.25. The summed E-state index contributed by atoms with van der Waals surface area (Å²) in [6, 6.07) is 7.94. The van der Waals surface area contributed by atoms with Crippen LogP contribution in [0.4, 0.5) is 16.5 Å². The summed E-state index contributed by atoms with van der Waals surface area (Å²) in [6.07, 6.45) is 0. The molecule has 1 aromatic carbocycles. The van der Waals surface area contributed by atoms with Crippen LogP contribution >= 0.6 is 11.3 Å². The zero-order valence-corrected chi connectivity index (χ0v) is 11.8. The molecule has 0 aliphatic carbocycles. The lowest BCUT2D eigenvalue weighted by Crippen LogP contribution is -2.07. The van der Waals surface area contributed by atoms with Crippen molar-refractivity contribution < 1.29 is 0 Å². The van der Waals surface area contributed by atoms with Crippen molar-refractivity contribution in [1.29, 1.82) is 0 Å². The van der Waals surface area contributed by atoms with E-state index in [0.29, 0.717) is 5.13 Å². The predicted molar refractivity (Wildman–Crippen MR) is 76.5 cm³/mol. The van der Waals surface area contributed by atoms with Crippen LogP contribution < -0.4 is 4.90 Å². The van der Waals surface area contributed by atoms with Crippen LogP contribution in [0.2, 0.25) is 0 Å². The largest absolute Gasteiger partial charge is 0.378 e. The number of anilines is 1. The van der Waals surface area contributed by atoms with Gasteiger partial charge in [-0.25, -0.2) is 4.98 Å².